The molecule has 1 aliphatic rings. The van der Waals surface area contributed by atoms with Gasteiger partial charge in [-0.3, -0.25) is 0 Å². The van der Waals surface area contributed by atoms with Crippen LogP contribution in [0.5, 0.6) is 23.0 Å². The maximum Gasteiger partial charge on any atom is 0.331 e. The van der Waals surface area contributed by atoms with Crippen molar-refractivity contribution < 1.29 is 33.0 Å². The van der Waals surface area contributed by atoms with Gasteiger partial charge in [0, 0.05) is 17.7 Å². The van der Waals surface area contributed by atoms with E-state index in [9.17, 15) is 4.79 Å². The van der Waals surface area contributed by atoms with Crippen LogP contribution in [0.25, 0.3) is 17.4 Å². The number of benzene rings is 2. The topological polar surface area (TPSA) is 89.3 Å². The molecule has 0 fully saturated rings. The van der Waals surface area contributed by atoms with Crippen LogP contribution in [0.2, 0.25) is 0 Å². The Kier molecular flexibility index (Phi) is 5.56. The molecule has 1 aromatic heterocycles. The van der Waals surface area contributed by atoms with E-state index in [1.807, 2.05) is 12.1 Å². The molecule has 2 aromatic carbocycles. The summed E-state index contributed by atoms with van der Waals surface area (Å²) in [5, 5.41) is 3.94. The van der Waals surface area contributed by atoms with Crippen LogP contribution < -0.4 is 18.9 Å². The standard InChI is InChI=1S/C22H19NO7/c1-25-17-6-3-14(9-20(17)26-2)4-8-22(24)27-12-16-11-19(30-23-16)15-5-7-18-21(10-15)29-13-28-18/h3-11H,12-13H2,1-2H3. The second kappa shape index (κ2) is 8.60. The highest BCUT2D eigenvalue weighted by atomic mass is 16.7. The van der Waals surface area contributed by atoms with Gasteiger partial charge in [-0.1, -0.05) is 11.2 Å². The van der Waals surface area contributed by atoms with Crippen molar-refractivity contribution in [3.63, 3.8) is 0 Å². The predicted octanol–water partition coefficient (Wildman–Crippen LogP) is 3.84. The monoisotopic (exact) mass is 409 g/mol. The van der Waals surface area contributed by atoms with Gasteiger partial charge in [-0.15, -0.1) is 0 Å². The predicted molar refractivity (Wildman–Crippen MR) is 106 cm³/mol. The van der Waals surface area contributed by atoms with E-state index in [0.29, 0.717) is 34.5 Å². The smallest absolute Gasteiger partial charge is 0.331 e. The van der Waals surface area contributed by atoms with E-state index in [2.05, 4.69) is 5.16 Å². The number of esters is 1. The van der Waals surface area contributed by atoms with Crippen molar-refractivity contribution in [3.8, 4) is 34.3 Å². The van der Waals surface area contributed by atoms with Crippen molar-refractivity contribution in [2.75, 3.05) is 21.0 Å². The summed E-state index contributed by atoms with van der Waals surface area (Å²) in [6.45, 7) is 0.191. The molecule has 8 heteroatoms. The lowest BCUT2D eigenvalue weighted by Crippen LogP contribution is -2.00. The number of aromatic nitrogens is 1. The van der Waals surface area contributed by atoms with Crippen LogP contribution in [0.15, 0.2) is 53.1 Å². The van der Waals surface area contributed by atoms with E-state index < -0.39 is 5.97 Å². The Bertz CT molecular complexity index is 1090. The van der Waals surface area contributed by atoms with Crippen molar-refractivity contribution in [1.82, 2.24) is 5.16 Å². The third-order valence-corrected chi connectivity index (χ3v) is 4.40. The highest BCUT2D eigenvalue weighted by Crippen LogP contribution is 2.36. The van der Waals surface area contributed by atoms with Crippen molar-refractivity contribution in [1.29, 1.82) is 0 Å². The Morgan fingerprint density at radius 1 is 1.03 bits per heavy atom. The quantitative estimate of drug-likeness (QED) is 0.430. The molecule has 0 spiro atoms. The first-order valence-corrected chi connectivity index (χ1v) is 9.09. The number of carbonyl (C=O) groups is 1. The summed E-state index contributed by atoms with van der Waals surface area (Å²) in [5.74, 6) is 2.57. The molecule has 30 heavy (non-hydrogen) atoms. The van der Waals surface area contributed by atoms with Gasteiger partial charge < -0.3 is 28.2 Å². The van der Waals surface area contributed by atoms with E-state index in [4.69, 9.17) is 28.2 Å². The van der Waals surface area contributed by atoms with Gasteiger partial charge in [0.1, 0.15) is 12.3 Å². The first-order valence-electron chi connectivity index (χ1n) is 9.09. The van der Waals surface area contributed by atoms with Crippen LogP contribution in [0.4, 0.5) is 0 Å². The molecule has 0 unspecified atom stereocenters. The van der Waals surface area contributed by atoms with E-state index in [1.54, 1.807) is 50.6 Å². The second-order valence-corrected chi connectivity index (χ2v) is 6.31. The fourth-order valence-corrected chi connectivity index (χ4v) is 2.88. The highest BCUT2D eigenvalue weighted by Gasteiger charge is 2.16. The molecule has 0 saturated heterocycles. The van der Waals surface area contributed by atoms with Crippen LogP contribution >= 0.6 is 0 Å². The summed E-state index contributed by atoms with van der Waals surface area (Å²) in [7, 11) is 3.11. The number of hydrogen-bond donors (Lipinski definition) is 0. The summed E-state index contributed by atoms with van der Waals surface area (Å²) in [4.78, 5) is 12.0. The van der Waals surface area contributed by atoms with Crippen LogP contribution in [0, 0.1) is 0 Å². The Hall–Kier alpha value is -3.94. The van der Waals surface area contributed by atoms with Crippen molar-refractivity contribution >= 4 is 12.0 Å². The normalized spacial score (nSPS) is 12.2. The van der Waals surface area contributed by atoms with Crippen molar-refractivity contribution in [2.45, 2.75) is 6.61 Å². The minimum Gasteiger partial charge on any atom is -0.493 e. The maximum atomic E-state index is 12.0. The van der Waals surface area contributed by atoms with Gasteiger partial charge in [0.2, 0.25) is 6.79 Å². The Morgan fingerprint density at radius 2 is 1.87 bits per heavy atom. The van der Waals surface area contributed by atoms with Crippen LogP contribution in [0.1, 0.15) is 11.3 Å². The molecule has 0 saturated carbocycles. The fourth-order valence-electron chi connectivity index (χ4n) is 2.88. The molecule has 3 aromatic rings. The average Bonchev–Trinajstić information content (AvgIpc) is 3.44. The zero-order valence-corrected chi connectivity index (χ0v) is 16.4. The molecule has 0 aliphatic carbocycles. The zero-order valence-electron chi connectivity index (χ0n) is 16.4. The number of carbonyl (C=O) groups excluding carboxylic acids is 1. The summed E-state index contributed by atoms with van der Waals surface area (Å²) in [6.07, 6.45) is 2.96. The van der Waals surface area contributed by atoms with Gasteiger partial charge in [0.05, 0.1) is 14.2 Å². The summed E-state index contributed by atoms with van der Waals surface area (Å²) < 4.78 is 31.7. The molecule has 0 atom stereocenters. The minimum atomic E-state index is -0.502. The number of nitrogens with zero attached hydrogens (tertiary/aromatic N) is 1. The molecule has 0 N–H and O–H groups in total. The first kappa shape index (κ1) is 19.4. The fraction of sp³-hybridized carbons (Fsp3) is 0.182. The molecular formula is C22H19NO7. The summed E-state index contributed by atoms with van der Waals surface area (Å²) >= 11 is 0. The number of hydrogen-bond acceptors (Lipinski definition) is 8. The summed E-state index contributed by atoms with van der Waals surface area (Å²) in [6, 6.07) is 12.5. The molecule has 154 valence electrons. The van der Waals surface area contributed by atoms with Gasteiger partial charge in [0.25, 0.3) is 0 Å². The zero-order chi connectivity index (χ0) is 20.9. The van der Waals surface area contributed by atoms with Crippen LogP contribution in [-0.2, 0) is 16.1 Å². The van der Waals surface area contributed by atoms with E-state index in [0.717, 1.165) is 11.1 Å². The number of fused-ring (bicyclic) bond motifs is 1. The molecule has 2 heterocycles. The first-order chi connectivity index (χ1) is 14.7. The molecule has 0 bridgehead atoms. The molecule has 1 aliphatic heterocycles. The largest absolute Gasteiger partial charge is 0.493 e. The lowest BCUT2D eigenvalue weighted by molar-refractivity contribution is -0.139. The number of rotatable bonds is 7. The highest BCUT2D eigenvalue weighted by molar-refractivity contribution is 5.87. The lowest BCUT2D eigenvalue weighted by Gasteiger charge is -2.07. The Balaban J connectivity index is 1.35. The van der Waals surface area contributed by atoms with Gasteiger partial charge in [-0.05, 0) is 42.0 Å². The Labute approximate surface area is 172 Å². The maximum absolute atomic E-state index is 12.0. The van der Waals surface area contributed by atoms with Crippen molar-refractivity contribution in [3.05, 3.63) is 59.8 Å². The number of methoxy groups -OCH3 is 2. The summed E-state index contributed by atoms with van der Waals surface area (Å²) in [5.41, 5.74) is 2.06. The van der Waals surface area contributed by atoms with Gasteiger partial charge in [-0.2, -0.15) is 0 Å². The third kappa shape index (κ3) is 4.22. The lowest BCUT2D eigenvalue weighted by atomic mass is 10.1. The van der Waals surface area contributed by atoms with Crippen LogP contribution in [-0.4, -0.2) is 32.1 Å². The molecule has 0 amide bonds. The molecular weight excluding hydrogens is 390 g/mol. The minimum absolute atomic E-state index is 0.0108. The average molecular weight is 409 g/mol. The third-order valence-electron chi connectivity index (χ3n) is 4.40. The van der Waals surface area contributed by atoms with E-state index in [1.165, 1.54) is 6.08 Å². The molecule has 8 nitrogen and oxygen atoms in total. The van der Waals surface area contributed by atoms with E-state index >= 15 is 0 Å². The van der Waals surface area contributed by atoms with Gasteiger partial charge >= 0.3 is 5.97 Å². The molecule has 4 rings (SSSR count). The van der Waals surface area contributed by atoms with Gasteiger partial charge in [0.15, 0.2) is 28.8 Å². The van der Waals surface area contributed by atoms with E-state index in [-0.39, 0.29) is 13.4 Å². The SMILES string of the molecule is COc1ccc(C=CC(=O)OCc2cc(-c3ccc4c(c3)OCO4)on2)cc1OC. The van der Waals surface area contributed by atoms with Crippen molar-refractivity contribution in [2.24, 2.45) is 0 Å². The number of ether oxygens (including phenoxy) is 5. The van der Waals surface area contributed by atoms with Gasteiger partial charge in [-0.25, -0.2) is 4.79 Å². The van der Waals surface area contributed by atoms with Crippen LogP contribution in [0.3, 0.4) is 0 Å². The second-order valence-electron chi connectivity index (χ2n) is 6.31. The Morgan fingerprint density at radius 3 is 2.70 bits per heavy atom. The molecule has 0 radical (unpaired) electrons.